The Morgan fingerprint density at radius 1 is 1.13 bits per heavy atom. The van der Waals surface area contributed by atoms with E-state index in [2.05, 4.69) is 10.3 Å². The van der Waals surface area contributed by atoms with Gasteiger partial charge in [-0.2, -0.15) is 0 Å². The van der Waals surface area contributed by atoms with Crippen LogP contribution in [0, 0.1) is 5.82 Å². The van der Waals surface area contributed by atoms with Gasteiger partial charge in [-0.3, -0.25) is 4.79 Å². The highest BCUT2D eigenvalue weighted by molar-refractivity contribution is 6.06. The smallest absolute Gasteiger partial charge is 0.410 e. The lowest BCUT2D eigenvalue weighted by Crippen LogP contribution is -2.36. The third kappa shape index (κ3) is 5.17. The van der Waals surface area contributed by atoms with E-state index in [1.165, 1.54) is 12.1 Å². The van der Waals surface area contributed by atoms with Gasteiger partial charge in [-0.1, -0.05) is 18.2 Å². The normalized spacial score (nSPS) is 11.4. The van der Waals surface area contributed by atoms with Crippen molar-refractivity contribution in [3.63, 3.8) is 0 Å². The fourth-order valence-corrected chi connectivity index (χ4v) is 3.03. The van der Waals surface area contributed by atoms with Crippen molar-refractivity contribution in [2.24, 2.45) is 0 Å². The highest BCUT2D eigenvalue weighted by Gasteiger charge is 2.22. The zero-order valence-electron chi connectivity index (χ0n) is 17.6. The van der Waals surface area contributed by atoms with Crippen molar-refractivity contribution < 1.29 is 18.7 Å². The molecule has 0 unspecified atom stereocenters. The number of carbonyl (C=O) groups excluding carboxylic acids is 2. The number of halogens is 1. The number of H-pyrrole nitrogens is 1. The number of nitrogens with zero attached hydrogens (tertiary/aromatic N) is 1. The number of ether oxygens (including phenoxy) is 1. The summed E-state index contributed by atoms with van der Waals surface area (Å²) in [5.74, 6) is -0.708. The summed E-state index contributed by atoms with van der Waals surface area (Å²) in [5.41, 5.74) is 1.78. The number of rotatable bonds is 5. The molecule has 2 amide bonds. The Morgan fingerprint density at radius 3 is 2.57 bits per heavy atom. The maximum absolute atomic E-state index is 13.4. The van der Waals surface area contributed by atoms with E-state index in [1.807, 2.05) is 45.9 Å². The van der Waals surface area contributed by atoms with Crippen LogP contribution in [-0.2, 0) is 11.3 Å². The molecule has 6 nitrogen and oxygen atoms in total. The molecule has 30 heavy (non-hydrogen) atoms. The maximum atomic E-state index is 13.4. The second kappa shape index (κ2) is 8.57. The Kier molecular flexibility index (Phi) is 6.10. The van der Waals surface area contributed by atoms with Crippen LogP contribution in [0.4, 0.5) is 14.9 Å². The first kappa shape index (κ1) is 21.4. The highest BCUT2D eigenvalue weighted by Crippen LogP contribution is 2.21. The van der Waals surface area contributed by atoms with Crippen LogP contribution < -0.4 is 5.32 Å². The summed E-state index contributed by atoms with van der Waals surface area (Å²) in [6.45, 7) is 8.08. The van der Waals surface area contributed by atoms with Crippen LogP contribution in [-0.4, -0.2) is 34.0 Å². The lowest BCUT2D eigenvalue weighted by Gasteiger charge is -2.27. The number of amides is 2. The number of benzene rings is 2. The van der Waals surface area contributed by atoms with Gasteiger partial charge in [0.2, 0.25) is 0 Å². The number of aromatic nitrogens is 1. The first-order valence-electron chi connectivity index (χ1n) is 9.81. The van der Waals surface area contributed by atoms with Crippen LogP contribution in [0.15, 0.2) is 48.5 Å². The Labute approximate surface area is 175 Å². The van der Waals surface area contributed by atoms with Crippen LogP contribution in [0.1, 0.15) is 43.7 Å². The minimum Gasteiger partial charge on any atom is -0.444 e. The number of anilines is 1. The predicted molar refractivity (Wildman–Crippen MR) is 115 cm³/mol. The minimum atomic E-state index is -0.590. The summed E-state index contributed by atoms with van der Waals surface area (Å²) in [4.78, 5) is 29.8. The predicted octanol–water partition coefficient (Wildman–Crippen LogP) is 5.32. The molecule has 0 saturated heterocycles. The van der Waals surface area contributed by atoms with E-state index in [0.29, 0.717) is 35.4 Å². The Morgan fingerprint density at radius 2 is 1.87 bits per heavy atom. The molecule has 0 aliphatic heterocycles. The van der Waals surface area contributed by atoms with Gasteiger partial charge in [0.1, 0.15) is 17.1 Å². The van der Waals surface area contributed by atoms with Crippen molar-refractivity contribution in [1.29, 1.82) is 0 Å². The number of hydrogen-bond donors (Lipinski definition) is 2. The van der Waals surface area contributed by atoms with Gasteiger partial charge >= 0.3 is 6.09 Å². The Hall–Kier alpha value is -3.35. The van der Waals surface area contributed by atoms with E-state index in [0.717, 1.165) is 5.56 Å². The second-order valence-electron chi connectivity index (χ2n) is 8.02. The quantitative estimate of drug-likeness (QED) is 0.597. The molecule has 2 aromatic carbocycles. The van der Waals surface area contributed by atoms with Crippen LogP contribution in [0.2, 0.25) is 0 Å². The molecule has 0 spiro atoms. The van der Waals surface area contributed by atoms with Crippen molar-refractivity contribution in [3.05, 3.63) is 65.6 Å². The summed E-state index contributed by atoms with van der Waals surface area (Å²) in [7, 11) is 0. The van der Waals surface area contributed by atoms with Gasteiger partial charge in [0.15, 0.2) is 0 Å². The lowest BCUT2D eigenvalue weighted by atomic mass is 10.1. The van der Waals surface area contributed by atoms with E-state index in [9.17, 15) is 14.0 Å². The van der Waals surface area contributed by atoms with E-state index in [4.69, 9.17) is 4.74 Å². The monoisotopic (exact) mass is 411 g/mol. The van der Waals surface area contributed by atoms with E-state index in [1.54, 1.807) is 23.1 Å². The Bertz CT molecular complexity index is 1070. The molecule has 0 fully saturated rings. The van der Waals surface area contributed by atoms with Crippen molar-refractivity contribution in [2.75, 3.05) is 11.9 Å². The molecule has 1 heterocycles. The molecule has 0 aliphatic rings. The van der Waals surface area contributed by atoms with E-state index in [-0.39, 0.29) is 11.7 Å². The zero-order valence-corrected chi connectivity index (χ0v) is 17.6. The minimum absolute atomic E-state index is 0.291. The number of aromatic amines is 1. The molecular formula is C23H26FN3O3. The average molecular weight is 411 g/mol. The molecule has 0 atom stereocenters. The van der Waals surface area contributed by atoms with Crippen LogP contribution in [0.25, 0.3) is 10.9 Å². The summed E-state index contributed by atoms with van der Waals surface area (Å²) in [6, 6.07) is 13.2. The van der Waals surface area contributed by atoms with Gasteiger partial charge < -0.3 is 19.9 Å². The van der Waals surface area contributed by atoms with Gasteiger partial charge in [-0.15, -0.1) is 0 Å². The first-order chi connectivity index (χ1) is 14.2. The van der Waals surface area contributed by atoms with Gasteiger partial charge in [0.05, 0.1) is 6.54 Å². The molecule has 2 N–H and O–H groups in total. The van der Waals surface area contributed by atoms with Crippen molar-refractivity contribution in [3.8, 4) is 0 Å². The van der Waals surface area contributed by atoms with Gasteiger partial charge in [-0.05, 0) is 63.6 Å². The first-order valence-corrected chi connectivity index (χ1v) is 9.81. The summed E-state index contributed by atoms with van der Waals surface area (Å²) >= 11 is 0. The van der Waals surface area contributed by atoms with Crippen LogP contribution in [0.5, 0.6) is 0 Å². The molecule has 0 bridgehead atoms. The molecule has 3 rings (SSSR count). The third-order valence-electron chi connectivity index (χ3n) is 4.49. The SMILES string of the molecule is CCN(Cc1ccccc1NC(=O)c1cc2cc(F)ccc2[nH]1)C(=O)OC(C)(C)C. The summed E-state index contributed by atoms with van der Waals surface area (Å²) in [5, 5.41) is 3.50. The average Bonchev–Trinajstić information content (AvgIpc) is 3.09. The van der Waals surface area contributed by atoms with E-state index >= 15 is 0 Å². The lowest BCUT2D eigenvalue weighted by molar-refractivity contribution is 0.0245. The van der Waals surface area contributed by atoms with Gasteiger partial charge in [-0.25, -0.2) is 9.18 Å². The molecule has 1 aromatic heterocycles. The van der Waals surface area contributed by atoms with Crippen LogP contribution in [0.3, 0.4) is 0 Å². The molecule has 158 valence electrons. The molecule has 0 saturated carbocycles. The largest absolute Gasteiger partial charge is 0.444 e. The number of fused-ring (bicyclic) bond motifs is 1. The summed E-state index contributed by atoms with van der Waals surface area (Å²) in [6.07, 6.45) is -0.413. The third-order valence-corrected chi connectivity index (χ3v) is 4.49. The molecular weight excluding hydrogens is 385 g/mol. The molecule has 0 radical (unpaired) electrons. The number of para-hydroxylation sites is 1. The van der Waals surface area contributed by atoms with E-state index < -0.39 is 11.7 Å². The van der Waals surface area contributed by atoms with Crippen molar-refractivity contribution in [2.45, 2.75) is 39.8 Å². The standard InChI is InChI=1S/C23H26FN3O3/c1-5-27(22(29)30-23(2,3)4)14-15-8-6-7-9-18(15)26-21(28)20-13-16-12-17(24)10-11-19(16)25-20/h6-13,25H,5,14H2,1-4H3,(H,26,28). The van der Waals surface area contributed by atoms with Crippen molar-refractivity contribution >= 4 is 28.6 Å². The second-order valence-corrected chi connectivity index (χ2v) is 8.02. The number of carbonyl (C=O) groups is 2. The molecule has 0 aliphatic carbocycles. The fourth-order valence-electron chi connectivity index (χ4n) is 3.03. The van der Waals surface area contributed by atoms with Crippen molar-refractivity contribution in [1.82, 2.24) is 9.88 Å². The van der Waals surface area contributed by atoms with Crippen LogP contribution >= 0.6 is 0 Å². The maximum Gasteiger partial charge on any atom is 0.410 e. The van der Waals surface area contributed by atoms with Gasteiger partial charge in [0.25, 0.3) is 5.91 Å². The number of nitrogens with one attached hydrogen (secondary N) is 2. The molecule has 3 aromatic rings. The Balaban J connectivity index is 1.78. The fraction of sp³-hybridized carbons (Fsp3) is 0.304. The molecule has 7 heteroatoms. The number of hydrogen-bond acceptors (Lipinski definition) is 3. The highest BCUT2D eigenvalue weighted by atomic mass is 19.1. The van der Waals surface area contributed by atoms with Gasteiger partial charge in [0, 0.05) is 23.1 Å². The summed E-state index contributed by atoms with van der Waals surface area (Å²) < 4.78 is 18.9. The topological polar surface area (TPSA) is 74.4 Å². The zero-order chi connectivity index (χ0) is 21.9.